The van der Waals surface area contributed by atoms with Crippen LogP contribution < -0.4 is 10.6 Å². The minimum Gasteiger partial charge on any atom is -0.350 e. The van der Waals surface area contributed by atoms with Gasteiger partial charge in [-0.15, -0.1) is 0 Å². The number of carbonyl (C=O) groups excluding carboxylic acids is 1. The van der Waals surface area contributed by atoms with E-state index in [4.69, 9.17) is 0 Å². The van der Waals surface area contributed by atoms with E-state index in [0.29, 0.717) is 4.90 Å². The van der Waals surface area contributed by atoms with E-state index in [2.05, 4.69) is 10.6 Å². The molecule has 1 atom stereocenters. The number of hydrogen-bond donors (Lipinski definition) is 2. The van der Waals surface area contributed by atoms with E-state index in [1.807, 2.05) is 27.7 Å². The normalized spacial score (nSPS) is 13.8. The molecule has 118 valence electrons. The minimum absolute atomic E-state index is 0.0377. The van der Waals surface area contributed by atoms with Crippen molar-refractivity contribution in [2.75, 3.05) is 12.8 Å². The van der Waals surface area contributed by atoms with E-state index in [-0.39, 0.29) is 24.0 Å². The maximum absolute atomic E-state index is 11.7. The van der Waals surface area contributed by atoms with Crippen molar-refractivity contribution in [1.29, 1.82) is 0 Å². The number of hydrogen-bond acceptors (Lipinski definition) is 4. The Labute approximate surface area is 127 Å². The molecule has 6 heteroatoms. The van der Waals surface area contributed by atoms with Gasteiger partial charge in [0.2, 0.25) is 5.91 Å². The third kappa shape index (κ3) is 6.27. The van der Waals surface area contributed by atoms with Crippen LogP contribution in [0.15, 0.2) is 29.2 Å². The summed E-state index contributed by atoms with van der Waals surface area (Å²) in [6, 6.07) is 6.64. The molecule has 21 heavy (non-hydrogen) atoms. The Morgan fingerprint density at radius 3 is 2.14 bits per heavy atom. The molecule has 0 aliphatic rings. The van der Waals surface area contributed by atoms with Gasteiger partial charge in [0.05, 0.1) is 11.4 Å². The molecule has 1 unspecified atom stereocenters. The molecule has 0 fully saturated rings. The van der Waals surface area contributed by atoms with Gasteiger partial charge in [-0.1, -0.05) is 12.1 Å². The zero-order valence-corrected chi connectivity index (χ0v) is 14.0. The van der Waals surface area contributed by atoms with Crippen molar-refractivity contribution in [2.24, 2.45) is 0 Å². The fourth-order valence-corrected chi connectivity index (χ4v) is 2.46. The SMILES string of the molecule is CC(NCC(=O)NC(C)(C)C)c1ccc(S(C)(=O)=O)cc1. The Morgan fingerprint density at radius 2 is 1.71 bits per heavy atom. The summed E-state index contributed by atoms with van der Waals surface area (Å²) in [5.74, 6) is -0.0675. The quantitative estimate of drug-likeness (QED) is 0.867. The molecule has 5 nitrogen and oxygen atoms in total. The molecule has 0 aromatic heterocycles. The van der Waals surface area contributed by atoms with Crippen LogP contribution in [0.4, 0.5) is 0 Å². The van der Waals surface area contributed by atoms with Gasteiger partial charge in [0.25, 0.3) is 0 Å². The highest BCUT2D eigenvalue weighted by Crippen LogP contribution is 2.16. The van der Waals surface area contributed by atoms with Crippen LogP contribution in [0.5, 0.6) is 0 Å². The third-order valence-electron chi connectivity index (χ3n) is 2.89. The second kappa shape index (κ2) is 6.58. The smallest absolute Gasteiger partial charge is 0.234 e. The van der Waals surface area contributed by atoms with E-state index >= 15 is 0 Å². The van der Waals surface area contributed by atoms with Gasteiger partial charge in [-0.25, -0.2) is 8.42 Å². The lowest BCUT2D eigenvalue weighted by Gasteiger charge is -2.21. The van der Waals surface area contributed by atoms with Crippen molar-refractivity contribution >= 4 is 15.7 Å². The number of benzene rings is 1. The zero-order chi connectivity index (χ0) is 16.3. The summed E-state index contributed by atoms with van der Waals surface area (Å²) in [5, 5.41) is 5.99. The second-order valence-electron chi connectivity index (χ2n) is 6.24. The van der Waals surface area contributed by atoms with Crippen molar-refractivity contribution in [3.63, 3.8) is 0 Å². The summed E-state index contributed by atoms with van der Waals surface area (Å²) in [4.78, 5) is 12.0. The molecule has 0 saturated heterocycles. The van der Waals surface area contributed by atoms with Crippen molar-refractivity contribution in [3.05, 3.63) is 29.8 Å². The Kier molecular flexibility index (Phi) is 5.53. The topological polar surface area (TPSA) is 75.3 Å². The summed E-state index contributed by atoms with van der Waals surface area (Å²) in [6.07, 6.45) is 1.18. The largest absolute Gasteiger partial charge is 0.350 e. The van der Waals surface area contributed by atoms with Gasteiger partial charge in [-0.3, -0.25) is 4.79 Å². The molecule has 0 heterocycles. The van der Waals surface area contributed by atoms with Crippen LogP contribution in [0.25, 0.3) is 0 Å². The number of sulfone groups is 1. The molecule has 0 aliphatic heterocycles. The molecule has 0 saturated carbocycles. The lowest BCUT2D eigenvalue weighted by molar-refractivity contribution is -0.121. The third-order valence-corrected chi connectivity index (χ3v) is 4.02. The molecular formula is C15H24N2O3S. The Hall–Kier alpha value is -1.40. The van der Waals surface area contributed by atoms with Gasteiger partial charge in [-0.05, 0) is 45.4 Å². The van der Waals surface area contributed by atoms with Crippen LogP contribution in [-0.2, 0) is 14.6 Å². The Balaban J connectivity index is 2.60. The van der Waals surface area contributed by atoms with Crippen molar-refractivity contribution in [2.45, 2.75) is 44.2 Å². The van der Waals surface area contributed by atoms with Crippen LogP contribution >= 0.6 is 0 Å². The molecule has 1 aromatic carbocycles. The average Bonchev–Trinajstić information content (AvgIpc) is 2.33. The molecule has 0 aliphatic carbocycles. The molecule has 0 radical (unpaired) electrons. The number of amides is 1. The van der Waals surface area contributed by atoms with E-state index in [9.17, 15) is 13.2 Å². The van der Waals surface area contributed by atoms with Gasteiger partial charge in [0, 0.05) is 17.8 Å². The van der Waals surface area contributed by atoms with Crippen LogP contribution in [0.2, 0.25) is 0 Å². The standard InChI is InChI=1S/C15H24N2O3S/c1-11(16-10-14(18)17-15(2,3)4)12-6-8-13(9-7-12)21(5,19)20/h6-9,11,16H,10H2,1-5H3,(H,17,18). The predicted octanol–water partition coefficient (Wildman–Crippen LogP) is 1.66. The summed E-state index contributed by atoms with van der Waals surface area (Å²) >= 11 is 0. The van der Waals surface area contributed by atoms with Crippen molar-refractivity contribution in [1.82, 2.24) is 10.6 Å². The molecule has 1 aromatic rings. The van der Waals surface area contributed by atoms with Crippen molar-refractivity contribution in [3.8, 4) is 0 Å². The maximum Gasteiger partial charge on any atom is 0.234 e. The highest BCUT2D eigenvalue weighted by molar-refractivity contribution is 7.90. The molecule has 2 N–H and O–H groups in total. The maximum atomic E-state index is 11.7. The Bertz CT molecular complexity index is 586. The number of nitrogens with one attached hydrogen (secondary N) is 2. The van der Waals surface area contributed by atoms with Crippen LogP contribution in [0.3, 0.4) is 0 Å². The predicted molar refractivity (Wildman–Crippen MR) is 83.9 cm³/mol. The first-order chi connectivity index (χ1) is 9.49. The fraction of sp³-hybridized carbons (Fsp3) is 0.533. The fourth-order valence-electron chi connectivity index (χ4n) is 1.83. The van der Waals surface area contributed by atoms with E-state index in [0.717, 1.165) is 5.56 Å². The van der Waals surface area contributed by atoms with Crippen LogP contribution in [0.1, 0.15) is 39.3 Å². The van der Waals surface area contributed by atoms with Gasteiger partial charge in [0.1, 0.15) is 0 Å². The van der Waals surface area contributed by atoms with Gasteiger partial charge >= 0.3 is 0 Å². The lowest BCUT2D eigenvalue weighted by atomic mass is 10.1. The first-order valence-corrected chi connectivity index (χ1v) is 8.72. The molecule has 1 amide bonds. The molecular weight excluding hydrogens is 288 g/mol. The first kappa shape index (κ1) is 17.7. The lowest BCUT2D eigenvalue weighted by Crippen LogP contribution is -2.45. The van der Waals surface area contributed by atoms with E-state index in [1.54, 1.807) is 24.3 Å². The number of rotatable bonds is 5. The molecule has 0 spiro atoms. The van der Waals surface area contributed by atoms with Gasteiger partial charge in [0.15, 0.2) is 9.84 Å². The zero-order valence-electron chi connectivity index (χ0n) is 13.2. The highest BCUT2D eigenvalue weighted by Gasteiger charge is 2.15. The van der Waals surface area contributed by atoms with Crippen LogP contribution in [-0.4, -0.2) is 32.7 Å². The summed E-state index contributed by atoms with van der Waals surface area (Å²) < 4.78 is 22.8. The minimum atomic E-state index is -3.18. The summed E-state index contributed by atoms with van der Waals surface area (Å²) in [6.45, 7) is 7.93. The monoisotopic (exact) mass is 312 g/mol. The van der Waals surface area contributed by atoms with Gasteiger partial charge < -0.3 is 10.6 Å². The highest BCUT2D eigenvalue weighted by atomic mass is 32.2. The molecule has 0 bridgehead atoms. The average molecular weight is 312 g/mol. The van der Waals surface area contributed by atoms with Gasteiger partial charge in [-0.2, -0.15) is 0 Å². The van der Waals surface area contributed by atoms with E-state index < -0.39 is 9.84 Å². The van der Waals surface area contributed by atoms with Crippen molar-refractivity contribution < 1.29 is 13.2 Å². The second-order valence-corrected chi connectivity index (χ2v) is 8.26. The number of carbonyl (C=O) groups is 1. The van der Waals surface area contributed by atoms with E-state index in [1.165, 1.54) is 6.26 Å². The Morgan fingerprint density at radius 1 is 1.19 bits per heavy atom. The summed E-state index contributed by atoms with van der Waals surface area (Å²) in [5.41, 5.74) is 0.685. The molecule has 1 rings (SSSR count). The summed E-state index contributed by atoms with van der Waals surface area (Å²) in [7, 11) is -3.18. The van der Waals surface area contributed by atoms with Crippen LogP contribution in [0, 0.1) is 0 Å². The first-order valence-electron chi connectivity index (χ1n) is 6.83.